The van der Waals surface area contributed by atoms with Gasteiger partial charge in [0, 0.05) is 0 Å². The van der Waals surface area contributed by atoms with Crippen LogP contribution in [0.4, 0.5) is 0 Å². The van der Waals surface area contributed by atoms with Gasteiger partial charge in [0.05, 0.1) is 18.6 Å². The Morgan fingerprint density at radius 2 is 1.74 bits per heavy atom. The molecule has 0 rings (SSSR count). The number of carboxylic acid groups (broad SMARTS) is 1. The minimum absolute atomic E-state index is 0.188. The molecule has 0 radical (unpaired) electrons. The number of rotatable bonds is 7. The van der Waals surface area contributed by atoms with Gasteiger partial charge in [-0.15, -0.1) is 0 Å². The van der Waals surface area contributed by atoms with Crippen molar-refractivity contribution < 1.29 is 24.2 Å². The summed E-state index contributed by atoms with van der Waals surface area (Å²) in [7, 11) is 0. The first-order valence-electron chi connectivity index (χ1n) is 6.13. The van der Waals surface area contributed by atoms with Gasteiger partial charge in [0.1, 0.15) is 6.04 Å². The van der Waals surface area contributed by atoms with Gasteiger partial charge in [-0.3, -0.25) is 9.59 Å². The normalized spacial score (nSPS) is 14.1. The van der Waals surface area contributed by atoms with Crippen LogP contribution in [0, 0.1) is 5.92 Å². The van der Waals surface area contributed by atoms with E-state index in [9.17, 15) is 14.4 Å². The Kier molecular flexibility index (Phi) is 7.06. The van der Waals surface area contributed by atoms with E-state index in [-0.39, 0.29) is 12.0 Å². The minimum atomic E-state index is -1.19. The third-order valence-electron chi connectivity index (χ3n) is 2.30. The molecular weight excluding hydrogens is 252 g/mol. The minimum Gasteiger partial charge on any atom is -0.481 e. The summed E-state index contributed by atoms with van der Waals surface area (Å²) < 4.78 is 5.02. The van der Waals surface area contributed by atoms with Crippen molar-refractivity contribution in [1.29, 1.82) is 0 Å². The number of amides is 1. The maximum absolute atomic E-state index is 11.8. The van der Waals surface area contributed by atoms with Gasteiger partial charge in [-0.05, 0) is 19.8 Å². The van der Waals surface area contributed by atoms with Crippen LogP contribution in [-0.4, -0.2) is 41.1 Å². The topological polar surface area (TPSA) is 119 Å². The molecule has 0 heterocycles. The summed E-state index contributed by atoms with van der Waals surface area (Å²) in [5.74, 6) is -2.59. The smallest absolute Gasteiger partial charge is 0.329 e. The van der Waals surface area contributed by atoms with Crippen molar-refractivity contribution >= 4 is 17.8 Å². The molecule has 0 aromatic rings. The molecule has 2 atom stereocenters. The Morgan fingerprint density at radius 3 is 2.11 bits per heavy atom. The molecule has 1 amide bonds. The summed E-state index contributed by atoms with van der Waals surface area (Å²) in [6.07, 6.45) is -0.783. The average molecular weight is 274 g/mol. The number of aliphatic carboxylic acids is 1. The van der Waals surface area contributed by atoms with Crippen LogP contribution in [0.3, 0.4) is 0 Å². The molecule has 0 aliphatic heterocycles. The van der Waals surface area contributed by atoms with Crippen molar-refractivity contribution in [1.82, 2.24) is 5.32 Å². The van der Waals surface area contributed by atoms with Gasteiger partial charge in [0.15, 0.2) is 0 Å². The first kappa shape index (κ1) is 17.4. The van der Waals surface area contributed by atoms with Crippen molar-refractivity contribution in [2.24, 2.45) is 11.7 Å². The fourth-order valence-electron chi connectivity index (χ4n) is 1.34. The molecule has 110 valence electrons. The number of carbonyl (C=O) groups is 3. The maximum atomic E-state index is 11.8. The quantitative estimate of drug-likeness (QED) is 0.557. The van der Waals surface area contributed by atoms with Crippen molar-refractivity contribution in [2.75, 3.05) is 0 Å². The first-order chi connectivity index (χ1) is 8.65. The molecule has 7 heteroatoms. The molecule has 4 N–H and O–H groups in total. The molecule has 0 aromatic carbocycles. The van der Waals surface area contributed by atoms with E-state index in [1.54, 1.807) is 27.7 Å². The highest BCUT2D eigenvalue weighted by Gasteiger charge is 2.28. The van der Waals surface area contributed by atoms with E-state index < -0.39 is 36.4 Å². The second-order valence-corrected chi connectivity index (χ2v) is 4.92. The predicted molar refractivity (Wildman–Crippen MR) is 68.2 cm³/mol. The SMILES string of the molecule is CC(C)OC(=O)C(NC(=O)C(N)CC(=O)O)C(C)C. The molecule has 0 spiro atoms. The van der Waals surface area contributed by atoms with E-state index in [0.717, 1.165) is 0 Å². The Bertz CT molecular complexity index is 341. The number of carbonyl (C=O) groups excluding carboxylic acids is 2. The highest BCUT2D eigenvalue weighted by Crippen LogP contribution is 2.06. The molecular formula is C12H22N2O5. The van der Waals surface area contributed by atoms with Crippen LogP contribution in [0.5, 0.6) is 0 Å². The van der Waals surface area contributed by atoms with E-state index in [4.69, 9.17) is 15.6 Å². The van der Waals surface area contributed by atoms with Gasteiger partial charge in [-0.25, -0.2) is 4.79 Å². The standard InChI is InChI=1S/C12H22N2O5/c1-6(2)10(12(18)19-7(3)4)14-11(17)8(13)5-9(15)16/h6-8,10H,5,13H2,1-4H3,(H,14,17)(H,15,16). The number of hydrogen-bond donors (Lipinski definition) is 3. The van der Waals surface area contributed by atoms with E-state index in [1.165, 1.54) is 0 Å². The number of ether oxygens (including phenoxy) is 1. The predicted octanol–water partition coefficient (Wildman–Crippen LogP) is -0.119. The molecule has 0 bridgehead atoms. The van der Waals surface area contributed by atoms with E-state index in [2.05, 4.69) is 5.32 Å². The Labute approximate surface area is 112 Å². The van der Waals surface area contributed by atoms with E-state index in [0.29, 0.717) is 0 Å². The number of nitrogens with two attached hydrogens (primary N) is 1. The molecule has 7 nitrogen and oxygen atoms in total. The fraction of sp³-hybridized carbons (Fsp3) is 0.750. The van der Waals surface area contributed by atoms with Crippen LogP contribution >= 0.6 is 0 Å². The van der Waals surface area contributed by atoms with Gasteiger partial charge in [-0.2, -0.15) is 0 Å². The van der Waals surface area contributed by atoms with Crippen LogP contribution < -0.4 is 11.1 Å². The zero-order valence-electron chi connectivity index (χ0n) is 11.7. The second-order valence-electron chi connectivity index (χ2n) is 4.92. The number of carboxylic acids is 1. The summed E-state index contributed by atoms with van der Waals surface area (Å²) in [6, 6.07) is -2.03. The van der Waals surface area contributed by atoms with Gasteiger partial charge in [0.25, 0.3) is 0 Å². The van der Waals surface area contributed by atoms with Crippen LogP contribution in [0.25, 0.3) is 0 Å². The highest BCUT2D eigenvalue weighted by molar-refractivity contribution is 5.89. The fourth-order valence-corrected chi connectivity index (χ4v) is 1.34. The van der Waals surface area contributed by atoms with Gasteiger partial charge in [0.2, 0.25) is 5.91 Å². The van der Waals surface area contributed by atoms with Crippen molar-refractivity contribution in [2.45, 2.75) is 52.3 Å². The van der Waals surface area contributed by atoms with E-state index >= 15 is 0 Å². The van der Waals surface area contributed by atoms with E-state index in [1.807, 2.05) is 0 Å². The summed E-state index contributed by atoms with van der Waals surface area (Å²) in [6.45, 7) is 6.89. The second kappa shape index (κ2) is 7.73. The molecule has 0 fully saturated rings. The Balaban J connectivity index is 4.62. The lowest BCUT2D eigenvalue weighted by Crippen LogP contribution is -2.51. The van der Waals surface area contributed by atoms with Crippen LogP contribution in [-0.2, 0) is 19.1 Å². The lowest BCUT2D eigenvalue weighted by Gasteiger charge is -2.23. The third kappa shape index (κ3) is 6.76. The summed E-state index contributed by atoms with van der Waals surface area (Å²) >= 11 is 0. The molecule has 0 saturated heterocycles. The number of esters is 1. The zero-order valence-corrected chi connectivity index (χ0v) is 11.7. The Morgan fingerprint density at radius 1 is 1.21 bits per heavy atom. The maximum Gasteiger partial charge on any atom is 0.329 e. The third-order valence-corrected chi connectivity index (χ3v) is 2.30. The summed E-state index contributed by atoms with van der Waals surface area (Å²) in [4.78, 5) is 33.9. The molecule has 0 saturated carbocycles. The Hall–Kier alpha value is -1.63. The van der Waals surface area contributed by atoms with Crippen molar-refractivity contribution in [3.8, 4) is 0 Å². The number of hydrogen-bond acceptors (Lipinski definition) is 5. The lowest BCUT2D eigenvalue weighted by molar-refractivity contribution is -0.153. The lowest BCUT2D eigenvalue weighted by atomic mass is 10.0. The molecule has 0 aliphatic rings. The highest BCUT2D eigenvalue weighted by atomic mass is 16.5. The molecule has 19 heavy (non-hydrogen) atoms. The van der Waals surface area contributed by atoms with Crippen molar-refractivity contribution in [3.05, 3.63) is 0 Å². The summed E-state index contributed by atoms with van der Waals surface area (Å²) in [5, 5.41) is 11.0. The van der Waals surface area contributed by atoms with Crippen LogP contribution in [0.1, 0.15) is 34.1 Å². The monoisotopic (exact) mass is 274 g/mol. The molecule has 0 aromatic heterocycles. The van der Waals surface area contributed by atoms with Gasteiger partial charge in [-0.1, -0.05) is 13.8 Å². The molecule has 0 aliphatic carbocycles. The summed E-state index contributed by atoms with van der Waals surface area (Å²) in [5.41, 5.74) is 5.42. The van der Waals surface area contributed by atoms with Gasteiger partial charge >= 0.3 is 11.9 Å². The first-order valence-corrected chi connectivity index (χ1v) is 6.13. The van der Waals surface area contributed by atoms with Gasteiger partial charge < -0.3 is 20.9 Å². The number of nitrogens with one attached hydrogen (secondary N) is 1. The van der Waals surface area contributed by atoms with Crippen molar-refractivity contribution in [3.63, 3.8) is 0 Å². The average Bonchev–Trinajstić information content (AvgIpc) is 2.22. The van der Waals surface area contributed by atoms with Crippen LogP contribution in [0.2, 0.25) is 0 Å². The zero-order chi connectivity index (χ0) is 15.2. The molecule has 2 unspecified atom stereocenters. The van der Waals surface area contributed by atoms with Crippen LogP contribution in [0.15, 0.2) is 0 Å². The largest absolute Gasteiger partial charge is 0.481 e.